The first kappa shape index (κ1) is 16.5. The van der Waals surface area contributed by atoms with Crippen molar-refractivity contribution in [2.45, 2.75) is 0 Å². The van der Waals surface area contributed by atoms with Gasteiger partial charge >= 0.3 is 0 Å². The van der Waals surface area contributed by atoms with E-state index in [0.717, 1.165) is 0 Å². The van der Waals surface area contributed by atoms with Gasteiger partial charge in [-0.3, -0.25) is 19.0 Å². The number of fused-ring (bicyclic) bond motifs is 1. The lowest BCUT2D eigenvalue weighted by Gasteiger charge is -2.11. The molecule has 0 spiro atoms. The van der Waals surface area contributed by atoms with Crippen LogP contribution in [0.2, 0.25) is 0 Å². The van der Waals surface area contributed by atoms with Crippen molar-refractivity contribution in [3.63, 3.8) is 0 Å². The molecule has 0 aliphatic rings. The van der Waals surface area contributed by atoms with E-state index in [0.29, 0.717) is 22.3 Å². The molecule has 0 saturated heterocycles. The lowest BCUT2D eigenvalue weighted by atomic mass is 10.1. The van der Waals surface area contributed by atoms with E-state index in [4.69, 9.17) is 0 Å². The maximum absolute atomic E-state index is 13.0. The van der Waals surface area contributed by atoms with Crippen LogP contribution < -0.4 is 10.9 Å². The van der Waals surface area contributed by atoms with Crippen molar-refractivity contribution in [1.82, 2.24) is 14.5 Å². The van der Waals surface area contributed by atoms with Crippen LogP contribution in [-0.4, -0.2) is 26.3 Å². The SMILES string of the molecule is O=C(Nc1ccccc1C(=O)n1cnc2ccccc21)c1ccc[nH]c1=O. The predicted molar refractivity (Wildman–Crippen MR) is 101 cm³/mol. The Morgan fingerprint density at radius 2 is 1.67 bits per heavy atom. The Morgan fingerprint density at radius 3 is 2.52 bits per heavy atom. The minimum absolute atomic E-state index is 0.0344. The number of benzene rings is 2. The molecule has 0 fully saturated rings. The zero-order valence-electron chi connectivity index (χ0n) is 14.0. The fourth-order valence-corrected chi connectivity index (χ4v) is 2.82. The van der Waals surface area contributed by atoms with Gasteiger partial charge in [0.05, 0.1) is 22.3 Å². The number of imidazole rings is 1. The molecule has 2 N–H and O–H groups in total. The highest BCUT2D eigenvalue weighted by molar-refractivity contribution is 6.10. The third-order valence-electron chi connectivity index (χ3n) is 4.14. The highest BCUT2D eigenvalue weighted by Gasteiger charge is 2.18. The molecular formula is C20H14N4O3. The Kier molecular flexibility index (Phi) is 4.10. The Morgan fingerprint density at radius 1 is 0.926 bits per heavy atom. The second-order valence-corrected chi connectivity index (χ2v) is 5.82. The van der Waals surface area contributed by atoms with Gasteiger partial charge in [0.25, 0.3) is 17.4 Å². The maximum Gasteiger partial charge on any atom is 0.265 e. The number of aromatic nitrogens is 3. The van der Waals surface area contributed by atoms with E-state index in [-0.39, 0.29) is 11.5 Å². The normalized spacial score (nSPS) is 10.7. The number of H-pyrrole nitrogens is 1. The van der Waals surface area contributed by atoms with Crippen LogP contribution in [0.5, 0.6) is 0 Å². The standard InChI is InChI=1S/C20H14N4O3/c25-18-14(7-5-11-21-18)19(26)23-15-8-2-1-6-13(15)20(27)24-12-22-16-9-3-4-10-17(16)24/h1-12H,(H,21,25)(H,23,26). The lowest BCUT2D eigenvalue weighted by molar-refractivity contribution is 0.0965. The Labute approximate surface area is 153 Å². The average Bonchev–Trinajstić information content (AvgIpc) is 3.12. The predicted octanol–water partition coefficient (Wildman–Crippen LogP) is 2.67. The van der Waals surface area contributed by atoms with Crippen LogP contribution in [-0.2, 0) is 0 Å². The molecular weight excluding hydrogens is 344 g/mol. The number of hydrogen-bond donors (Lipinski definition) is 2. The van der Waals surface area contributed by atoms with Gasteiger partial charge < -0.3 is 10.3 Å². The van der Waals surface area contributed by atoms with Crippen molar-refractivity contribution in [1.29, 1.82) is 0 Å². The van der Waals surface area contributed by atoms with Gasteiger partial charge in [0, 0.05) is 6.20 Å². The van der Waals surface area contributed by atoms with Crippen molar-refractivity contribution < 1.29 is 9.59 Å². The number of amides is 1. The molecule has 0 aliphatic carbocycles. The molecule has 0 atom stereocenters. The van der Waals surface area contributed by atoms with Crippen LogP contribution in [0.25, 0.3) is 11.0 Å². The third-order valence-corrected chi connectivity index (χ3v) is 4.14. The largest absolute Gasteiger partial charge is 0.328 e. The van der Waals surface area contributed by atoms with Crippen LogP contribution in [0.3, 0.4) is 0 Å². The average molecular weight is 358 g/mol. The summed E-state index contributed by atoms with van der Waals surface area (Å²) in [5, 5.41) is 2.65. The van der Waals surface area contributed by atoms with E-state index in [1.807, 2.05) is 18.2 Å². The molecule has 2 aromatic heterocycles. The summed E-state index contributed by atoms with van der Waals surface area (Å²) in [6, 6.07) is 16.9. The Hall–Kier alpha value is -4.00. The van der Waals surface area contributed by atoms with E-state index in [9.17, 15) is 14.4 Å². The van der Waals surface area contributed by atoms with Gasteiger partial charge in [-0.25, -0.2) is 4.98 Å². The summed E-state index contributed by atoms with van der Waals surface area (Å²) >= 11 is 0. The molecule has 7 heteroatoms. The molecule has 7 nitrogen and oxygen atoms in total. The highest BCUT2D eigenvalue weighted by atomic mass is 16.2. The molecule has 0 unspecified atom stereocenters. The first-order chi connectivity index (χ1) is 13.1. The number of rotatable bonds is 3. The zero-order chi connectivity index (χ0) is 18.8. The van der Waals surface area contributed by atoms with Crippen molar-refractivity contribution in [3.05, 3.63) is 94.7 Å². The van der Waals surface area contributed by atoms with E-state index in [2.05, 4.69) is 15.3 Å². The minimum Gasteiger partial charge on any atom is -0.328 e. The van der Waals surface area contributed by atoms with Crippen LogP contribution in [0.4, 0.5) is 5.69 Å². The number of anilines is 1. The molecule has 0 radical (unpaired) electrons. The van der Waals surface area contributed by atoms with Gasteiger partial charge in [-0.05, 0) is 36.4 Å². The molecule has 0 aliphatic heterocycles. The minimum atomic E-state index is -0.590. The molecule has 0 bridgehead atoms. The molecule has 27 heavy (non-hydrogen) atoms. The molecule has 4 aromatic rings. The van der Waals surface area contributed by atoms with Crippen molar-refractivity contribution >= 4 is 28.5 Å². The summed E-state index contributed by atoms with van der Waals surface area (Å²) < 4.78 is 1.43. The first-order valence-electron chi connectivity index (χ1n) is 8.20. The van der Waals surface area contributed by atoms with Crippen LogP contribution in [0, 0.1) is 0 Å². The second-order valence-electron chi connectivity index (χ2n) is 5.82. The second kappa shape index (κ2) is 6.72. The summed E-state index contributed by atoms with van der Waals surface area (Å²) in [7, 11) is 0. The van der Waals surface area contributed by atoms with Gasteiger partial charge in [0.2, 0.25) is 0 Å². The maximum atomic E-state index is 13.0. The van der Waals surface area contributed by atoms with Gasteiger partial charge in [-0.15, -0.1) is 0 Å². The van der Waals surface area contributed by atoms with Crippen molar-refractivity contribution in [3.8, 4) is 0 Å². The van der Waals surface area contributed by atoms with E-state index in [1.54, 1.807) is 36.4 Å². The molecule has 1 amide bonds. The zero-order valence-corrected chi connectivity index (χ0v) is 14.0. The van der Waals surface area contributed by atoms with E-state index >= 15 is 0 Å². The molecule has 4 rings (SSSR count). The summed E-state index contributed by atoms with van der Waals surface area (Å²) in [4.78, 5) is 44.0. The number of nitrogens with zero attached hydrogens (tertiary/aromatic N) is 2. The third kappa shape index (κ3) is 3.02. The van der Waals surface area contributed by atoms with E-state index < -0.39 is 11.5 Å². The smallest absolute Gasteiger partial charge is 0.265 e. The number of carbonyl (C=O) groups is 2. The van der Waals surface area contributed by atoms with Gasteiger partial charge in [0.1, 0.15) is 11.9 Å². The number of nitrogens with one attached hydrogen (secondary N) is 2. The monoisotopic (exact) mass is 358 g/mol. The molecule has 132 valence electrons. The molecule has 2 aromatic carbocycles. The van der Waals surface area contributed by atoms with Gasteiger partial charge in [-0.2, -0.15) is 0 Å². The van der Waals surface area contributed by atoms with Crippen LogP contribution in [0.1, 0.15) is 20.7 Å². The van der Waals surface area contributed by atoms with Gasteiger partial charge in [0.15, 0.2) is 0 Å². The quantitative estimate of drug-likeness (QED) is 0.588. The number of hydrogen-bond acceptors (Lipinski definition) is 4. The Balaban J connectivity index is 1.71. The van der Waals surface area contributed by atoms with Crippen molar-refractivity contribution in [2.75, 3.05) is 5.32 Å². The summed E-state index contributed by atoms with van der Waals surface area (Å²) in [5.74, 6) is -0.922. The number of carbonyl (C=O) groups excluding carboxylic acids is 2. The summed E-state index contributed by atoms with van der Waals surface area (Å²) in [6.45, 7) is 0. The van der Waals surface area contributed by atoms with Gasteiger partial charge in [-0.1, -0.05) is 24.3 Å². The summed E-state index contributed by atoms with van der Waals surface area (Å²) in [6.07, 6.45) is 2.90. The van der Waals surface area contributed by atoms with Crippen LogP contribution >= 0.6 is 0 Å². The Bertz CT molecular complexity index is 1220. The highest BCUT2D eigenvalue weighted by Crippen LogP contribution is 2.20. The van der Waals surface area contributed by atoms with Crippen LogP contribution in [0.15, 0.2) is 78.0 Å². The number of para-hydroxylation sites is 3. The lowest BCUT2D eigenvalue weighted by Crippen LogP contribution is -2.24. The molecule has 0 saturated carbocycles. The molecule has 2 heterocycles. The fraction of sp³-hybridized carbons (Fsp3) is 0. The number of pyridine rings is 1. The first-order valence-corrected chi connectivity index (χ1v) is 8.20. The summed E-state index contributed by atoms with van der Waals surface area (Å²) in [5.41, 5.74) is 1.44. The van der Waals surface area contributed by atoms with Crippen molar-refractivity contribution in [2.24, 2.45) is 0 Å². The van der Waals surface area contributed by atoms with E-state index in [1.165, 1.54) is 23.2 Å². The number of aromatic amines is 1. The topological polar surface area (TPSA) is 96.8 Å². The fourth-order valence-electron chi connectivity index (χ4n) is 2.82.